The van der Waals surface area contributed by atoms with Crippen LogP contribution in [0.2, 0.25) is 0 Å². The minimum Gasteiger partial charge on any atom is -0.344 e. The highest BCUT2D eigenvalue weighted by Gasteiger charge is 1.94. The summed E-state index contributed by atoms with van der Waals surface area (Å²) in [6, 6.07) is 0. The molecule has 0 spiro atoms. The summed E-state index contributed by atoms with van der Waals surface area (Å²) in [5.41, 5.74) is 0. The van der Waals surface area contributed by atoms with Crippen LogP contribution in [0.4, 0.5) is 0 Å². The molecule has 0 atom stereocenters. The predicted molar refractivity (Wildman–Crippen MR) is 115 cm³/mol. The molecule has 22 heavy (non-hydrogen) atoms. The van der Waals surface area contributed by atoms with Gasteiger partial charge < -0.3 is 11.1 Å². The second-order valence-corrected chi connectivity index (χ2v) is 6.40. The van der Waals surface area contributed by atoms with Crippen molar-refractivity contribution in [2.75, 3.05) is 20.6 Å². The first-order valence-electron chi connectivity index (χ1n) is 8.92. The molecule has 0 bridgehead atoms. The average Bonchev–Trinajstić information content (AvgIpc) is 2.39. The van der Waals surface area contributed by atoms with E-state index >= 15 is 0 Å². The number of hydrogen-bond acceptors (Lipinski definition) is 2. The van der Waals surface area contributed by atoms with Gasteiger partial charge in [-0.05, 0) is 27.1 Å². The smallest absolute Gasteiger partial charge is 0.00248 e. The molecule has 0 aliphatic heterocycles. The van der Waals surface area contributed by atoms with Gasteiger partial charge in [-0.15, -0.1) is 34.0 Å². The topological polar surface area (TPSA) is 38.2 Å². The normalized spacial score (nSPS) is 9.82. The summed E-state index contributed by atoms with van der Waals surface area (Å²) in [5, 5.41) is 0. The Morgan fingerprint density at radius 2 is 0.773 bits per heavy atom. The molecule has 0 saturated heterocycles. The molecule has 0 unspecified atom stereocenters. The molecule has 4 heteroatoms. The van der Waals surface area contributed by atoms with Crippen LogP contribution in [0.25, 0.3) is 0 Å². The summed E-state index contributed by atoms with van der Waals surface area (Å²) < 4.78 is 0. The Morgan fingerprint density at radius 3 is 1.05 bits per heavy atom. The van der Waals surface area contributed by atoms with Crippen molar-refractivity contribution in [3.8, 4) is 0 Å². The Labute approximate surface area is 162 Å². The second kappa shape index (κ2) is 26.8. The molecule has 0 fully saturated rings. The minimum absolute atomic E-state index is 0. The maximum Gasteiger partial charge on any atom is -0.00248 e. The number of nitrogens with zero attached hydrogens (tertiary/aromatic N) is 1. The van der Waals surface area contributed by atoms with Gasteiger partial charge in [0.2, 0.25) is 0 Å². The van der Waals surface area contributed by atoms with Crippen molar-refractivity contribution in [2.45, 2.75) is 96.8 Å². The van der Waals surface area contributed by atoms with Gasteiger partial charge in [0.05, 0.1) is 0 Å². The van der Waals surface area contributed by atoms with E-state index in [0.29, 0.717) is 0 Å². The SMILES string of the molecule is Br.Br.CCCCCCCCCCCCCCCCN(C)C.N. The first-order valence-corrected chi connectivity index (χ1v) is 8.92. The van der Waals surface area contributed by atoms with Gasteiger partial charge in [0, 0.05) is 0 Å². The van der Waals surface area contributed by atoms with Crippen LogP contribution in [0.3, 0.4) is 0 Å². The van der Waals surface area contributed by atoms with E-state index in [9.17, 15) is 0 Å². The van der Waals surface area contributed by atoms with Crippen LogP contribution >= 0.6 is 34.0 Å². The summed E-state index contributed by atoms with van der Waals surface area (Å²) in [6.45, 7) is 3.55. The third kappa shape index (κ3) is 29.0. The third-order valence-corrected chi connectivity index (χ3v) is 3.96. The van der Waals surface area contributed by atoms with Crippen molar-refractivity contribution >= 4 is 34.0 Å². The number of hydrogen-bond donors (Lipinski definition) is 1. The number of unbranched alkanes of at least 4 members (excludes halogenated alkanes) is 13. The van der Waals surface area contributed by atoms with E-state index in [1.165, 1.54) is 96.4 Å². The zero-order chi connectivity index (χ0) is 14.2. The van der Waals surface area contributed by atoms with Gasteiger partial charge in [-0.1, -0.05) is 90.4 Å². The van der Waals surface area contributed by atoms with Crippen LogP contribution < -0.4 is 6.15 Å². The van der Waals surface area contributed by atoms with Gasteiger partial charge in [0.25, 0.3) is 0 Å². The highest BCUT2D eigenvalue weighted by atomic mass is 79.9. The summed E-state index contributed by atoms with van der Waals surface area (Å²) >= 11 is 0. The van der Waals surface area contributed by atoms with Crippen molar-refractivity contribution in [3.05, 3.63) is 0 Å². The third-order valence-electron chi connectivity index (χ3n) is 3.96. The van der Waals surface area contributed by atoms with Crippen LogP contribution in [0.1, 0.15) is 96.8 Å². The van der Waals surface area contributed by atoms with Crippen molar-refractivity contribution in [2.24, 2.45) is 0 Å². The first-order chi connectivity index (χ1) is 9.27. The molecule has 0 aromatic rings. The molecule has 0 heterocycles. The fraction of sp³-hybridized carbons (Fsp3) is 1.00. The highest BCUT2D eigenvalue weighted by Crippen LogP contribution is 2.12. The Hall–Kier alpha value is 0.880. The summed E-state index contributed by atoms with van der Waals surface area (Å²) in [6.07, 6.45) is 20.3. The molecular formula is C18H44Br2N2. The Kier molecular flexibility index (Phi) is 37.4. The molecular weight excluding hydrogens is 404 g/mol. The van der Waals surface area contributed by atoms with Gasteiger partial charge in [-0.3, -0.25) is 0 Å². The largest absolute Gasteiger partial charge is 0.344 e. The van der Waals surface area contributed by atoms with Crippen LogP contribution in [0, 0.1) is 0 Å². The summed E-state index contributed by atoms with van der Waals surface area (Å²) in [7, 11) is 4.34. The standard InChI is InChI=1S/C18H39N.2BrH.H3N/c1-4-5-6-7-8-9-10-11-12-13-14-15-16-17-18-19(2)3;;;/h4-18H2,1-3H3;2*1H;1H3. The average molecular weight is 448 g/mol. The fourth-order valence-corrected chi connectivity index (χ4v) is 2.62. The lowest BCUT2D eigenvalue weighted by Crippen LogP contribution is -2.12. The Balaban J connectivity index is -0.000000540. The van der Waals surface area contributed by atoms with E-state index in [0.717, 1.165) is 0 Å². The van der Waals surface area contributed by atoms with Crippen LogP contribution in [0.15, 0.2) is 0 Å². The van der Waals surface area contributed by atoms with E-state index in [1.807, 2.05) is 0 Å². The maximum atomic E-state index is 2.29. The van der Waals surface area contributed by atoms with E-state index in [2.05, 4.69) is 25.9 Å². The Bertz CT molecular complexity index is 167. The van der Waals surface area contributed by atoms with E-state index in [4.69, 9.17) is 0 Å². The molecule has 0 aromatic carbocycles. The summed E-state index contributed by atoms with van der Waals surface area (Å²) in [4.78, 5) is 2.29. The molecule has 3 N–H and O–H groups in total. The zero-order valence-corrected chi connectivity index (χ0v) is 19.0. The van der Waals surface area contributed by atoms with Crippen LogP contribution in [-0.2, 0) is 0 Å². The molecule has 2 nitrogen and oxygen atoms in total. The second-order valence-electron chi connectivity index (χ2n) is 6.40. The lowest BCUT2D eigenvalue weighted by Gasteiger charge is -2.08. The number of halogens is 2. The molecule has 0 amide bonds. The van der Waals surface area contributed by atoms with Crippen LogP contribution in [-0.4, -0.2) is 25.5 Å². The minimum atomic E-state index is 0. The quantitative estimate of drug-likeness (QED) is 0.266. The zero-order valence-electron chi connectivity index (χ0n) is 15.6. The molecule has 0 rings (SSSR count). The first kappa shape index (κ1) is 30.7. The van der Waals surface area contributed by atoms with E-state index < -0.39 is 0 Å². The molecule has 0 saturated carbocycles. The Morgan fingerprint density at radius 1 is 0.500 bits per heavy atom. The summed E-state index contributed by atoms with van der Waals surface area (Å²) in [5.74, 6) is 0. The van der Waals surface area contributed by atoms with Crippen molar-refractivity contribution in [3.63, 3.8) is 0 Å². The highest BCUT2D eigenvalue weighted by molar-refractivity contribution is 8.93. The molecule has 0 radical (unpaired) electrons. The predicted octanol–water partition coefficient (Wildman–Crippen LogP) is 7.35. The van der Waals surface area contributed by atoms with Crippen molar-refractivity contribution in [1.29, 1.82) is 0 Å². The fourth-order valence-electron chi connectivity index (χ4n) is 2.62. The molecule has 140 valence electrons. The van der Waals surface area contributed by atoms with Gasteiger partial charge >= 0.3 is 0 Å². The van der Waals surface area contributed by atoms with Gasteiger partial charge in [-0.25, -0.2) is 0 Å². The van der Waals surface area contributed by atoms with Gasteiger partial charge in [0.1, 0.15) is 0 Å². The molecule has 0 aromatic heterocycles. The van der Waals surface area contributed by atoms with E-state index in [-0.39, 0.29) is 40.1 Å². The molecule has 0 aliphatic carbocycles. The molecule has 0 aliphatic rings. The van der Waals surface area contributed by atoms with Crippen LogP contribution in [0.5, 0.6) is 0 Å². The van der Waals surface area contributed by atoms with Crippen molar-refractivity contribution in [1.82, 2.24) is 11.1 Å². The monoisotopic (exact) mass is 446 g/mol. The lowest BCUT2D eigenvalue weighted by atomic mass is 10.0. The lowest BCUT2D eigenvalue weighted by molar-refractivity contribution is 0.389. The number of rotatable bonds is 15. The van der Waals surface area contributed by atoms with E-state index in [1.54, 1.807) is 0 Å². The van der Waals surface area contributed by atoms with Crippen molar-refractivity contribution < 1.29 is 0 Å². The maximum absolute atomic E-state index is 2.29. The van der Waals surface area contributed by atoms with Gasteiger partial charge in [-0.2, -0.15) is 0 Å². The van der Waals surface area contributed by atoms with Gasteiger partial charge in [0.15, 0.2) is 0 Å².